The molecule has 2 N–H and O–H groups in total. The van der Waals surface area contributed by atoms with Gasteiger partial charge in [0.2, 0.25) is 0 Å². The Labute approximate surface area is 89.2 Å². The predicted octanol–water partition coefficient (Wildman–Crippen LogP) is 0.763. The van der Waals surface area contributed by atoms with Crippen molar-refractivity contribution in [3.8, 4) is 0 Å². The number of esters is 1. The largest absolute Gasteiger partial charge is 0.464 e. The van der Waals surface area contributed by atoms with E-state index < -0.39 is 12.0 Å². The highest BCUT2D eigenvalue weighted by Crippen LogP contribution is 2.10. The van der Waals surface area contributed by atoms with E-state index in [1.165, 1.54) is 0 Å². The Morgan fingerprint density at radius 1 is 1.73 bits per heavy atom. The zero-order valence-corrected chi connectivity index (χ0v) is 9.14. The maximum absolute atomic E-state index is 11.4. The van der Waals surface area contributed by atoms with Crippen LogP contribution in [0.4, 0.5) is 0 Å². The van der Waals surface area contributed by atoms with Crippen LogP contribution in [0.3, 0.4) is 0 Å². The number of nitrogens with zero attached hydrogens (tertiary/aromatic N) is 2. The SMILES string of the molecule is CCCCOC(=O)C(N)c1cnn(C)c1. The van der Waals surface area contributed by atoms with Crippen LogP contribution in [-0.2, 0) is 16.6 Å². The van der Waals surface area contributed by atoms with Crippen molar-refractivity contribution in [3.63, 3.8) is 0 Å². The van der Waals surface area contributed by atoms with Crippen LogP contribution in [0.1, 0.15) is 31.4 Å². The molecule has 0 amide bonds. The molecular weight excluding hydrogens is 194 g/mol. The highest BCUT2D eigenvalue weighted by molar-refractivity contribution is 5.77. The van der Waals surface area contributed by atoms with Gasteiger partial charge in [0.05, 0.1) is 12.8 Å². The van der Waals surface area contributed by atoms with Crippen LogP contribution in [0, 0.1) is 0 Å². The smallest absolute Gasteiger partial charge is 0.327 e. The summed E-state index contributed by atoms with van der Waals surface area (Å²) in [6, 6.07) is -0.726. The molecule has 1 rings (SSSR count). The first-order valence-corrected chi connectivity index (χ1v) is 5.06. The van der Waals surface area contributed by atoms with Gasteiger partial charge < -0.3 is 10.5 Å². The number of carbonyl (C=O) groups excluding carboxylic acids is 1. The fourth-order valence-electron chi connectivity index (χ4n) is 1.14. The molecule has 0 aliphatic rings. The Balaban J connectivity index is 2.46. The molecule has 0 aliphatic carbocycles. The maximum atomic E-state index is 11.4. The van der Waals surface area contributed by atoms with E-state index in [1.807, 2.05) is 6.92 Å². The van der Waals surface area contributed by atoms with Crippen molar-refractivity contribution in [3.05, 3.63) is 18.0 Å². The van der Waals surface area contributed by atoms with E-state index in [0.29, 0.717) is 12.2 Å². The molecule has 0 aromatic carbocycles. The van der Waals surface area contributed by atoms with E-state index in [4.69, 9.17) is 10.5 Å². The first-order chi connectivity index (χ1) is 7.15. The Kier molecular flexibility index (Phi) is 4.30. The number of hydrogen-bond acceptors (Lipinski definition) is 4. The van der Waals surface area contributed by atoms with Crippen molar-refractivity contribution < 1.29 is 9.53 Å². The Bertz CT molecular complexity index is 322. The molecule has 15 heavy (non-hydrogen) atoms. The Morgan fingerprint density at radius 2 is 2.47 bits per heavy atom. The first kappa shape index (κ1) is 11.7. The third kappa shape index (κ3) is 3.36. The van der Waals surface area contributed by atoms with Crippen LogP contribution in [0.15, 0.2) is 12.4 Å². The lowest BCUT2D eigenvalue weighted by Crippen LogP contribution is -2.23. The van der Waals surface area contributed by atoms with Crippen molar-refractivity contribution in [2.45, 2.75) is 25.8 Å². The Morgan fingerprint density at radius 3 is 3.00 bits per heavy atom. The number of carbonyl (C=O) groups is 1. The van der Waals surface area contributed by atoms with Gasteiger partial charge in [-0.2, -0.15) is 5.10 Å². The fraction of sp³-hybridized carbons (Fsp3) is 0.600. The molecular formula is C10H17N3O2. The van der Waals surface area contributed by atoms with E-state index in [0.717, 1.165) is 12.8 Å². The first-order valence-electron chi connectivity index (χ1n) is 5.06. The van der Waals surface area contributed by atoms with Crippen LogP contribution >= 0.6 is 0 Å². The molecule has 0 spiro atoms. The van der Waals surface area contributed by atoms with Gasteiger partial charge in [-0.25, -0.2) is 4.79 Å². The van der Waals surface area contributed by atoms with Gasteiger partial charge in [0, 0.05) is 18.8 Å². The van der Waals surface area contributed by atoms with Crippen molar-refractivity contribution >= 4 is 5.97 Å². The predicted molar refractivity (Wildman–Crippen MR) is 56.0 cm³/mol. The molecule has 1 atom stereocenters. The lowest BCUT2D eigenvalue weighted by atomic mass is 10.2. The standard InChI is InChI=1S/C10H17N3O2/c1-3-4-5-15-10(14)9(11)8-6-12-13(2)7-8/h6-7,9H,3-5,11H2,1-2H3. The molecule has 0 bridgehead atoms. The summed E-state index contributed by atoms with van der Waals surface area (Å²) < 4.78 is 6.61. The minimum Gasteiger partial charge on any atom is -0.464 e. The second-order valence-electron chi connectivity index (χ2n) is 3.45. The van der Waals surface area contributed by atoms with Crippen molar-refractivity contribution in [1.82, 2.24) is 9.78 Å². The number of aromatic nitrogens is 2. The summed E-state index contributed by atoms with van der Waals surface area (Å²) in [7, 11) is 1.78. The van der Waals surface area contributed by atoms with Gasteiger partial charge >= 0.3 is 5.97 Å². The van der Waals surface area contributed by atoms with E-state index in [1.54, 1.807) is 24.1 Å². The number of unbranched alkanes of at least 4 members (excludes halogenated alkanes) is 1. The molecule has 1 aromatic rings. The highest BCUT2D eigenvalue weighted by Gasteiger charge is 2.18. The molecule has 5 heteroatoms. The molecule has 84 valence electrons. The molecule has 1 unspecified atom stereocenters. The summed E-state index contributed by atoms with van der Waals surface area (Å²) in [5.41, 5.74) is 6.39. The number of rotatable bonds is 5. The van der Waals surface area contributed by atoms with E-state index >= 15 is 0 Å². The zero-order valence-electron chi connectivity index (χ0n) is 9.14. The average Bonchev–Trinajstić information content (AvgIpc) is 2.64. The summed E-state index contributed by atoms with van der Waals surface area (Å²) in [4.78, 5) is 11.4. The maximum Gasteiger partial charge on any atom is 0.327 e. The third-order valence-electron chi connectivity index (χ3n) is 2.08. The van der Waals surface area contributed by atoms with Gasteiger partial charge in [0.1, 0.15) is 6.04 Å². The van der Waals surface area contributed by atoms with E-state index in [-0.39, 0.29) is 0 Å². The minimum absolute atomic E-state index is 0.392. The summed E-state index contributed by atoms with van der Waals surface area (Å²) in [6.07, 6.45) is 5.15. The van der Waals surface area contributed by atoms with Crippen LogP contribution in [0.2, 0.25) is 0 Å². The van der Waals surface area contributed by atoms with Gasteiger partial charge in [-0.3, -0.25) is 4.68 Å². The molecule has 0 saturated heterocycles. The third-order valence-corrected chi connectivity index (χ3v) is 2.08. The van der Waals surface area contributed by atoms with Crippen molar-refractivity contribution in [2.24, 2.45) is 12.8 Å². The van der Waals surface area contributed by atoms with E-state index in [2.05, 4.69) is 5.10 Å². The van der Waals surface area contributed by atoms with Gasteiger partial charge in [-0.1, -0.05) is 13.3 Å². The van der Waals surface area contributed by atoms with Crippen LogP contribution < -0.4 is 5.73 Å². The molecule has 0 radical (unpaired) electrons. The van der Waals surface area contributed by atoms with Gasteiger partial charge in [-0.05, 0) is 6.42 Å². The second kappa shape index (κ2) is 5.50. The molecule has 5 nitrogen and oxygen atoms in total. The Hall–Kier alpha value is -1.36. The van der Waals surface area contributed by atoms with Gasteiger partial charge in [-0.15, -0.1) is 0 Å². The molecule has 0 saturated carbocycles. The normalized spacial score (nSPS) is 12.5. The van der Waals surface area contributed by atoms with Crippen molar-refractivity contribution in [1.29, 1.82) is 0 Å². The van der Waals surface area contributed by atoms with Crippen LogP contribution in [0.25, 0.3) is 0 Å². The fourth-order valence-corrected chi connectivity index (χ4v) is 1.14. The summed E-state index contributed by atoms with van der Waals surface area (Å²) in [5, 5.41) is 3.95. The number of aryl methyl sites for hydroxylation is 1. The summed E-state index contributed by atoms with van der Waals surface area (Å²) in [6.45, 7) is 2.47. The lowest BCUT2D eigenvalue weighted by molar-refractivity contribution is -0.145. The molecule has 1 aromatic heterocycles. The van der Waals surface area contributed by atoms with E-state index in [9.17, 15) is 4.79 Å². The van der Waals surface area contributed by atoms with Crippen molar-refractivity contribution in [2.75, 3.05) is 6.61 Å². The molecule has 0 fully saturated rings. The topological polar surface area (TPSA) is 70.1 Å². The summed E-state index contributed by atoms with van der Waals surface area (Å²) >= 11 is 0. The van der Waals surface area contributed by atoms with Gasteiger partial charge in [0.25, 0.3) is 0 Å². The number of nitrogens with two attached hydrogens (primary N) is 1. The average molecular weight is 211 g/mol. The summed E-state index contributed by atoms with van der Waals surface area (Å²) in [5.74, 6) is -0.392. The number of ether oxygens (including phenoxy) is 1. The zero-order chi connectivity index (χ0) is 11.3. The number of hydrogen-bond donors (Lipinski definition) is 1. The molecule has 1 heterocycles. The monoisotopic (exact) mass is 211 g/mol. The molecule has 0 aliphatic heterocycles. The van der Waals surface area contributed by atoms with Gasteiger partial charge in [0.15, 0.2) is 0 Å². The van der Waals surface area contributed by atoms with Crippen LogP contribution in [-0.4, -0.2) is 22.4 Å². The minimum atomic E-state index is -0.726. The highest BCUT2D eigenvalue weighted by atomic mass is 16.5. The quantitative estimate of drug-likeness (QED) is 0.576. The lowest BCUT2D eigenvalue weighted by Gasteiger charge is -2.08. The second-order valence-corrected chi connectivity index (χ2v) is 3.45. The van der Waals surface area contributed by atoms with Crippen LogP contribution in [0.5, 0.6) is 0 Å².